The standard InChI is InChI=1S/C8H17NO3Si/c1-4-5-6-13(3,11-2)12-8-9-7-10/h4-6,8H2,1-3H3. The summed E-state index contributed by atoms with van der Waals surface area (Å²) >= 11 is 0. The number of hydrogen-bond donors (Lipinski definition) is 0. The van der Waals surface area contributed by atoms with Gasteiger partial charge in [-0.2, -0.15) is 4.99 Å². The predicted molar refractivity (Wildman–Crippen MR) is 52.4 cm³/mol. The Morgan fingerprint density at radius 3 is 2.69 bits per heavy atom. The molecule has 1 atom stereocenters. The molecule has 0 spiro atoms. The van der Waals surface area contributed by atoms with Crippen LogP contribution < -0.4 is 0 Å². The van der Waals surface area contributed by atoms with Crippen LogP contribution in [0.3, 0.4) is 0 Å². The van der Waals surface area contributed by atoms with Crippen LogP contribution in [0.15, 0.2) is 4.99 Å². The molecule has 0 aromatic rings. The van der Waals surface area contributed by atoms with Crippen LogP contribution in [0.4, 0.5) is 0 Å². The Morgan fingerprint density at radius 1 is 1.54 bits per heavy atom. The molecule has 0 aromatic carbocycles. The number of isocyanates is 1. The highest BCUT2D eigenvalue weighted by atomic mass is 28.4. The molecule has 76 valence electrons. The monoisotopic (exact) mass is 203 g/mol. The second-order valence-electron chi connectivity index (χ2n) is 2.96. The largest absolute Gasteiger partial charge is 0.398 e. The first-order valence-corrected chi connectivity index (χ1v) is 6.93. The average molecular weight is 203 g/mol. The third kappa shape index (κ3) is 5.71. The lowest BCUT2D eigenvalue weighted by Crippen LogP contribution is -2.37. The van der Waals surface area contributed by atoms with Crippen LogP contribution in [0, 0.1) is 0 Å². The first kappa shape index (κ1) is 12.5. The second-order valence-corrected chi connectivity index (χ2v) is 6.43. The number of hydrogen-bond acceptors (Lipinski definition) is 4. The van der Waals surface area contributed by atoms with Crippen molar-refractivity contribution in [2.45, 2.75) is 32.4 Å². The smallest absolute Gasteiger partial charge is 0.336 e. The Labute approximate surface area is 80.2 Å². The van der Waals surface area contributed by atoms with Gasteiger partial charge >= 0.3 is 8.56 Å². The van der Waals surface area contributed by atoms with Gasteiger partial charge in [-0.1, -0.05) is 19.8 Å². The van der Waals surface area contributed by atoms with Gasteiger partial charge < -0.3 is 8.85 Å². The molecule has 0 N–H and O–H groups in total. The van der Waals surface area contributed by atoms with Gasteiger partial charge in [0.05, 0.1) is 0 Å². The highest BCUT2D eigenvalue weighted by Crippen LogP contribution is 2.15. The van der Waals surface area contributed by atoms with Gasteiger partial charge in [0, 0.05) is 7.11 Å². The topological polar surface area (TPSA) is 47.9 Å². The highest BCUT2D eigenvalue weighted by Gasteiger charge is 2.28. The van der Waals surface area contributed by atoms with E-state index in [0.29, 0.717) is 0 Å². The van der Waals surface area contributed by atoms with Crippen molar-refractivity contribution in [3.05, 3.63) is 0 Å². The van der Waals surface area contributed by atoms with E-state index in [1.807, 2.05) is 6.55 Å². The molecule has 0 aliphatic heterocycles. The second kappa shape index (κ2) is 6.97. The van der Waals surface area contributed by atoms with E-state index in [1.165, 1.54) is 6.08 Å². The molecule has 0 saturated heterocycles. The molecule has 0 aromatic heterocycles. The molecule has 0 aliphatic rings. The number of unbranched alkanes of at least 4 members (excludes halogenated alkanes) is 1. The van der Waals surface area contributed by atoms with Crippen molar-refractivity contribution in [3.63, 3.8) is 0 Å². The third-order valence-corrected chi connectivity index (χ3v) is 4.78. The molecular weight excluding hydrogens is 186 g/mol. The van der Waals surface area contributed by atoms with Crippen molar-refractivity contribution in [1.82, 2.24) is 0 Å². The van der Waals surface area contributed by atoms with E-state index in [1.54, 1.807) is 7.11 Å². The lowest BCUT2D eigenvalue weighted by molar-refractivity contribution is 0.210. The van der Waals surface area contributed by atoms with Crippen LogP contribution in [0.2, 0.25) is 12.6 Å². The number of carbonyl (C=O) groups excluding carboxylic acids is 1. The van der Waals surface area contributed by atoms with E-state index in [4.69, 9.17) is 8.85 Å². The maximum Gasteiger partial charge on any atom is 0.336 e. The zero-order chi connectivity index (χ0) is 10.2. The minimum absolute atomic E-state index is 0.0732. The Morgan fingerprint density at radius 2 is 2.23 bits per heavy atom. The molecule has 0 bridgehead atoms. The van der Waals surface area contributed by atoms with E-state index < -0.39 is 8.56 Å². The summed E-state index contributed by atoms with van der Waals surface area (Å²) < 4.78 is 10.7. The van der Waals surface area contributed by atoms with E-state index in [-0.39, 0.29) is 6.73 Å². The molecular formula is C8H17NO3Si. The number of aliphatic imine (C=N–C) groups is 1. The van der Waals surface area contributed by atoms with Gasteiger partial charge in [-0.3, -0.25) is 0 Å². The van der Waals surface area contributed by atoms with Crippen molar-refractivity contribution in [3.8, 4) is 0 Å². The van der Waals surface area contributed by atoms with Crippen molar-refractivity contribution in [1.29, 1.82) is 0 Å². The molecule has 0 rings (SSSR count). The van der Waals surface area contributed by atoms with Gasteiger partial charge in [0.2, 0.25) is 6.08 Å². The predicted octanol–water partition coefficient (Wildman–Crippen LogP) is 1.81. The minimum atomic E-state index is -2.05. The third-order valence-electron chi connectivity index (χ3n) is 1.92. The molecule has 13 heavy (non-hydrogen) atoms. The Hall–Kier alpha value is -0.483. The fraction of sp³-hybridized carbons (Fsp3) is 0.875. The van der Waals surface area contributed by atoms with E-state index in [2.05, 4.69) is 11.9 Å². The molecule has 1 unspecified atom stereocenters. The quantitative estimate of drug-likeness (QED) is 0.360. The van der Waals surface area contributed by atoms with E-state index in [9.17, 15) is 4.79 Å². The molecule has 4 nitrogen and oxygen atoms in total. The van der Waals surface area contributed by atoms with Crippen molar-refractivity contribution >= 4 is 14.6 Å². The first-order chi connectivity index (χ1) is 6.18. The highest BCUT2D eigenvalue weighted by molar-refractivity contribution is 6.65. The van der Waals surface area contributed by atoms with Crippen LogP contribution in [0.5, 0.6) is 0 Å². The zero-order valence-corrected chi connectivity index (χ0v) is 9.50. The first-order valence-electron chi connectivity index (χ1n) is 4.41. The molecule has 0 aliphatic carbocycles. The summed E-state index contributed by atoms with van der Waals surface area (Å²) in [7, 11) is -0.409. The van der Waals surface area contributed by atoms with Gasteiger partial charge in [0.1, 0.15) is 6.73 Å². The van der Waals surface area contributed by atoms with Crippen LogP contribution in [0.25, 0.3) is 0 Å². The maximum absolute atomic E-state index is 9.80. The van der Waals surface area contributed by atoms with Gasteiger partial charge in [-0.15, -0.1) is 0 Å². The molecule has 0 amide bonds. The van der Waals surface area contributed by atoms with Gasteiger partial charge in [0.15, 0.2) is 0 Å². The summed E-state index contributed by atoms with van der Waals surface area (Å²) in [6.45, 7) is 4.17. The normalized spacial score (nSPS) is 14.7. The Kier molecular flexibility index (Phi) is 6.71. The fourth-order valence-corrected chi connectivity index (χ4v) is 2.73. The molecule has 0 radical (unpaired) electrons. The van der Waals surface area contributed by atoms with Gasteiger partial charge in [-0.05, 0) is 12.6 Å². The molecule has 0 heterocycles. The van der Waals surface area contributed by atoms with E-state index >= 15 is 0 Å². The van der Waals surface area contributed by atoms with Crippen LogP contribution >= 0.6 is 0 Å². The Balaban J connectivity index is 3.87. The van der Waals surface area contributed by atoms with Crippen LogP contribution in [0.1, 0.15) is 19.8 Å². The molecule has 0 saturated carbocycles. The van der Waals surface area contributed by atoms with Gasteiger partial charge in [-0.25, -0.2) is 4.79 Å². The number of rotatable bonds is 7. The van der Waals surface area contributed by atoms with Crippen molar-refractivity contribution < 1.29 is 13.6 Å². The summed E-state index contributed by atoms with van der Waals surface area (Å²) in [4.78, 5) is 13.1. The number of nitrogens with zero attached hydrogens (tertiary/aromatic N) is 1. The zero-order valence-electron chi connectivity index (χ0n) is 8.50. The fourth-order valence-electron chi connectivity index (χ4n) is 0.926. The van der Waals surface area contributed by atoms with Crippen molar-refractivity contribution in [2.24, 2.45) is 4.99 Å². The summed E-state index contributed by atoms with van der Waals surface area (Å²) in [5.41, 5.74) is 0. The SMILES string of the molecule is CCCC[Si](C)(OC)OCN=C=O. The summed E-state index contributed by atoms with van der Waals surface area (Å²) in [6, 6.07) is 0.939. The van der Waals surface area contributed by atoms with Crippen LogP contribution in [-0.2, 0) is 13.6 Å². The van der Waals surface area contributed by atoms with Crippen molar-refractivity contribution in [2.75, 3.05) is 13.8 Å². The molecule has 5 heteroatoms. The lowest BCUT2D eigenvalue weighted by atomic mass is 10.4. The minimum Gasteiger partial charge on any atom is -0.398 e. The van der Waals surface area contributed by atoms with E-state index in [0.717, 1.165) is 18.9 Å². The maximum atomic E-state index is 9.80. The van der Waals surface area contributed by atoms with Gasteiger partial charge in [0.25, 0.3) is 0 Å². The Bertz CT molecular complexity index is 182. The summed E-state index contributed by atoms with van der Waals surface area (Å²) in [5.74, 6) is 0. The summed E-state index contributed by atoms with van der Waals surface area (Å²) in [5, 5.41) is 0. The molecule has 0 fully saturated rings. The van der Waals surface area contributed by atoms with Crippen LogP contribution in [-0.4, -0.2) is 28.5 Å². The lowest BCUT2D eigenvalue weighted by Gasteiger charge is -2.23. The average Bonchev–Trinajstić information content (AvgIpc) is 2.15. The summed E-state index contributed by atoms with van der Waals surface area (Å²) in [6.07, 6.45) is 3.64.